The van der Waals surface area contributed by atoms with Gasteiger partial charge in [0.1, 0.15) is 5.75 Å². The number of piperazine rings is 1. The molecular weight excluding hydrogens is 268 g/mol. The molecule has 1 saturated heterocycles. The summed E-state index contributed by atoms with van der Waals surface area (Å²) in [6.07, 6.45) is 0.311. The molecule has 0 unspecified atom stereocenters. The van der Waals surface area contributed by atoms with E-state index in [0.29, 0.717) is 26.2 Å². The molecule has 21 heavy (non-hydrogen) atoms. The molecule has 2 rings (SSSR count). The molecule has 1 atom stereocenters. The second kappa shape index (κ2) is 6.61. The first-order valence-corrected chi connectivity index (χ1v) is 7.24. The Morgan fingerprint density at radius 2 is 1.90 bits per heavy atom. The number of ether oxygens (including phenoxy) is 1. The van der Waals surface area contributed by atoms with Gasteiger partial charge in [-0.1, -0.05) is 12.1 Å². The van der Waals surface area contributed by atoms with Crippen LogP contribution in [0.1, 0.15) is 18.1 Å². The van der Waals surface area contributed by atoms with Crippen molar-refractivity contribution in [2.24, 2.45) is 0 Å². The molecule has 1 aromatic carbocycles. The number of hydrogen-bond acceptors (Lipinski definition) is 3. The summed E-state index contributed by atoms with van der Waals surface area (Å²) >= 11 is 0. The van der Waals surface area contributed by atoms with E-state index in [2.05, 4.69) is 0 Å². The quantitative estimate of drug-likeness (QED) is 0.787. The minimum Gasteiger partial charge on any atom is -0.481 e. The van der Waals surface area contributed by atoms with Gasteiger partial charge in [0.05, 0.1) is 0 Å². The van der Waals surface area contributed by atoms with Crippen molar-refractivity contribution in [1.82, 2.24) is 9.80 Å². The van der Waals surface area contributed by atoms with E-state index >= 15 is 0 Å². The molecule has 2 amide bonds. The molecule has 0 saturated carbocycles. The predicted molar refractivity (Wildman–Crippen MR) is 80.2 cm³/mol. The van der Waals surface area contributed by atoms with Crippen LogP contribution in [0, 0.1) is 13.8 Å². The number of hydrogen-bond donors (Lipinski definition) is 0. The highest BCUT2D eigenvalue weighted by atomic mass is 16.5. The van der Waals surface area contributed by atoms with E-state index in [-0.39, 0.29) is 5.91 Å². The molecule has 0 N–H and O–H groups in total. The summed E-state index contributed by atoms with van der Waals surface area (Å²) in [6, 6.07) is 5.83. The van der Waals surface area contributed by atoms with Crippen LogP contribution in [0.5, 0.6) is 5.75 Å². The summed E-state index contributed by atoms with van der Waals surface area (Å²) in [7, 11) is 0. The summed E-state index contributed by atoms with van der Waals surface area (Å²) in [5, 5.41) is 0. The smallest absolute Gasteiger partial charge is 0.263 e. The van der Waals surface area contributed by atoms with Gasteiger partial charge in [0.15, 0.2) is 6.10 Å². The van der Waals surface area contributed by atoms with E-state index in [1.54, 1.807) is 16.7 Å². The Bertz CT molecular complexity index is 522. The van der Waals surface area contributed by atoms with Crippen LogP contribution < -0.4 is 4.74 Å². The second-order valence-corrected chi connectivity index (χ2v) is 5.42. The van der Waals surface area contributed by atoms with Crippen molar-refractivity contribution in [1.29, 1.82) is 0 Å². The van der Waals surface area contributed by atoms with E-state index in [0.717, 1.165) is 23.3 Å². The van der Waals surface area contributed by atoms with E-state index < -0.39 is 6.10 Å². The molecule has 1 fully saturated rings. The molecule has 1 heterocycles. The largest absolute Gasteiger partial charge is 0.481 e. The van der Waals surface area contributed by atoms with Crippen molar-refractivity contribution < 1.29 is 14.3 Å². The van der Waals surface area contributed by atoms with Gasteiger partial charge in [0, 0.05) is 26.2 Å². The summed E-state index contributed by atoms with van der Waals surface area (Å²) < 4.78 is 5.82. The summed E-state index contributed by atoms with van der Waals surface area (Å²) in [5.41, 5.74) is 2.20. The number of nitrogens with zero attached hydrogens (tertiary/aromatic N) is 2. The Hall–Kier alpha value is -2.04. The minimum atomic E-state index is -0.520. The monoisotopic (exact) mass is 290 g/mol. The van der Waals surface area contributed by atoms with Gasteiger partial charge in [0.2, 0.25) is 6.41 Å². The molecule has 5 heteroatoms. The highest BCUT2D eigenvalue weighted by Crippen LogP contribution is 2.22. The van der Waals surface area contributed by atoms with Crippen molar-refractivity contribution in [3.8, 4) is 5.75 Å². The molecule has 1 aliphatic heterocycles. The average molecular weight is 290 g/mol. The van der Waals surface area contributed by atoms with Gasteiger partial charge in [-0.25, -0.2) is 0 Å². The van der Waals surface area contributed by atoms with Gasteiger partial charge in [-0.2, -0.15) is 0 Å². The van der Waals surface area contributed by atoms with Crippen molar-refractivity contribution in [2.75, 3.05) is 26.2 Å². The fourth-order valence-electron chi connectivity index (χ4n) is 2.40. The molecule has 114 valence electrons. The summed E-state index contributed by atoms with van der Waals surface area (Å²) in [6.45, 7) is 8.10. The molecule has 0 radical (unpaired) electrons. The summed E-state index contributed by atoms with van der Waals surface area (Å²) in [4.78, 5) is 26.5. The van der Waals surface area contributed by atoms with E-state index in [9.17, 15) is 9.59 Å². The van der Waals surface area contributed by atoms with Crippen LogP contribution in [0.4, 0.5) is 0 Å². The topological polar surface area (TPSA) is 49.9 Å². The zero-order valence-electron chi connectivity index (χ0n) is 12.8. The normalized spacial score (nSPS) is 16.5. The third kappa shape index (κ3) is 3.54. The Morgan fingerprint density at radius 1 is 1.24 bits per heavy atom. The lowest BCUT2D eigenvalue weighted by atomic mass is 10.1. The zero-order chi connectivity index (χ0) is 15.4. The van der Waals surface area contributed by atoms with E-state index in [1.807, 2.05) is 32.0 Å². The molecule has 0 bridgehead atoms. The number of carbonyl (C=O) groups excluding carboxylic acids is 2. The third-order valence-corrected chi connectivity index (χ3v) is 3.98. The number of carbonyl (C=O) groups is 2. The number of amides is 2. The minimum absolute atomic E-state index is 0.0264. The molecule has 1 aliphatic rings. The van der Waals surface area contributed by atoms with Crippen LogP contribution in [0.3, 0.4) is 0 Å². The number of aryl methyl sites for hydroxylation is 1. The van der Waals surface area contributed by atoms with Crippen LogP contribution >= 0.6 is 0 Å². The Kier molecular flexibility index (Phi) is 4.83. The van der Waals surface area contributed by atoms with Gasteiger partial charge in [-0.15, -0.1) is 0 Å². The zero-order valence-corrected chi connectivity index (χ0v) is 12.8. The van der Waals surface area contributed by atoms with Crippen LogP contribution in [0.2, 0.25) is 0 Å². The van der Waals surface area contributed by atoms with Crippen LogP contribution in [0.25, 0.3) is 0 Å². The van der Waals surface area contributed by atoms with E-state index in [1.165, 1.54) is 0 Å². The molecule has 0 aromatic heterocycles. The highest BCUT2D eigenvalue weighted by molar-refractivity contribution is 5.81. The van der Waals surface area contributed by atoms with Crippen LogP contribution in [-0.4, -0.2) is 54.4 Å². The molecule has 5 nitrogen and oxygen atoms in total. The van der Waals surface area contributed by atoms with Gasteiger partial charge >= 0.3 is 0 Å². The van der Waals surface area contributed by atoms with Crippen LogP contribution in [0.15, 0.2) is 18.2 Å². The maximum absolute atomic E-state index is 12.4. The van der Waals surface area contributed by atoms with Crippen molar-refractivity contribution >= 4 is 12.3 Å². The molecule has 0 aliphatic carbocycles. The fraction of sp³-hybridized carbons (Fsp3) is 0.500. The van der Waals surface area contributed by atoms with Gasteiger partial charge in [-0.05, 0) is 38.0 Å². The Labute approximate surface area is 125 Å². The van der Waals surface area contributed by atoms with Gasteiger partial charge < -0.3 is 14.5 Å². The molecular formula is C16H22N2O3. The second-order valence-electron chi connectivity index (χ2n) is 5.42. The Morgan fingerprint density at radius 3 is 2.52 bits per heavy atom. The van der Waals surface area contributed by atoms with Crippen molar-refractivity contribution in [3.63, 3.8) is 0 Å². The number of rotatable bonds is 4. The van der Waals surface area contributed by atoms with Crippen molar-refractivity contribution in [2.45, 2.75) is 26.9 Å². The average Bonchev–Trinajstić information content (AvgIpc) is 2.51. The fourth-order valence-corrected chi connectivity index (χ4v) is 2.40. The third-order valence-electron chi connectivity index (χ3n) is 3.98. The standard InChI is InChI=1S/C16H22N2O3/c1-12-5-4-6-15(13(12)2)21-14(3)16(20)18-9-7-17(11-19)8-10-18/h4-6,11,14H,7-10H2,1-3H3/t14-/m0/s1. The van der Waals surface area contributed by atoms with E-state index in [4.69, 9.17) is 4.74 Å². The lowest BCUT2D eigenvalue weighted by molar-refractivity contribution is -0.141. The van der Waals surface area contributed by atoms with Crippen molar-refractivity contribution in [3.05, 3.63) is 29.3 Å². The van der Waals surface area contributed by atoms with Crippen LogP contribution in [-0.2, 0) is 9.59 Å². The first kappa shape index (κ1) is 15.4. The van der Waals surface area contributed by atoms with Gasteiger partial charge in [-0.3, -0.25) is 9.59 Å². The Balaban J connectivity index is 1.97. The SMILES string of the molecule is Cc1cccc(O[C@@H](C)C(=O)N2CCN(C=O)CC2)c1C. The molecule has 1 aromatic rings. The first-order valence-electron chi connectivity index (χ1n) is 7.24. The summed E-state index contributed by atoms with van der Waals surface area (Å²) in [5.74, 6) is 0.726. The lowest BCUT2D eigenvalue weighted by Gasteiger charge is -2.34. The maximum Gasteiger partial charge on any atom is 0.263 e. The first-order chi connectivity index (χ1) is 10.0. The molecule has 0 spiro atoms. The van der Waals surface area contributed by atoms with Gasteiger partial charge in [0.25, 0.3) is 5.91 Å². The lowest BCUT2D eigenvalue weighted by Crippen LogP contribution is -2.51. The maximum atomic E-state index is 12.4. The predicted octanol–water partition coefficient (Wildman–Crippen LogP) is 1.37. The highest BCUT2D eigenvalue weighted by Gasteiger charge is 2.25. The number of benzene rings is 1.